The van der Waals surface area contributed by atoms with Crippen LogP contribution in [0, 0.1) is 0 Å². The number of ether oxygens (including phenoxy) is 1. The molecule has 7 heteroatoms. The van der Waals surface area contributed by atoms with Crippen LogP contribution in [0.2, 0.25) is 0 Å². The molecule has 3 aromatic carbocycles. The Kier molecular flexibility index (Phi) is 5.95. The van der Waals surface area contributed by atoms with Gasteiger partial charge in [0.1, 0.15) is 0 Å². The molecule has 0 spiro atoms. The number of aromatic nitrogens is 1. The number of halogens is 1. The molecule has 0 aliphatic heterocycles. The fourth-order valence-electron chi connectivity index (χ4n) is 3.17. The minimum absolute atomic E-state index is 0.000354. The number of nitrogens with one attached hydrogen (secondary N) is 1. The largest absolute Gasteiger partial charge is 0.503 e. The predicted octanol–water partition coefficient (Wildman–Crippen LogP) is 5.14. The van der Waals surface area contributed by atoms with E-state index in [4.69, 9.17) is 9.72 Å². The maximum atomic E-state index is 12.9. The fraction of sp³-hybridized carbons (Fsp3) is 0.0417. The third kappa shape index (κ3) is 4.41. The molecule has 154 valence electrons. The van der Waals surface area contributed by atoms with E-state index in [0.717, 1.165) is 16.5 Å². The van der Waals surface area contributed by atoms with Crippen LogP contribution < -0.4 is 10.2 Å². The smallest absolute Gasteiger partial charge is 0.272 e. The van der Waals surface area contributed by atoms with E-state index >= 15 is 0 Å². The van der Waals surface area contributed by atoms with Gasteiger partial charge in [-0.25, -0.2) is 10.4 Å². The first-order valence-electron chi connectivity index (χ1n) is 9.42. The van der Waals surface area contributed by atoms with Crippen LogP contribution >= 0.6 is 15.9 Å². The van der Waals surface area contributed by atoms with E-state index in [9.17, 15) is 9.90 Å². The highest BCUT2D eigenvalue weighted by molar-refractivity contribution is 9.10. The van der Waals surface area contributed by atoms with Gasteiger partial charge in [-0.05, 0) is 45.8 Å². The predicted molar refractivity (Wildman–Crippen MR) is 125 cm³/mol. The summed E-state index contributed by atoms with van der Waals surface area (Å²) < 4.78 is 5.60. The van der Waals surface area contributed by atoms with E-state index in [2.05, 4.69) is 26.5 Å². The Morgan fingerprint density at radius 2 is 1.84 bits per heavy atom. The average molecular weight is 476 g/mol. The van der Waals surface area contributed by atoms with E-state index in [1.54, 1.807) is 18.2 Å². The van der Waals surface area contributed by atoms with Gasteiger partial charge >= 0.3 is 0 Å². The number of pyridine rings is 1. The zero-order valence-electron chi connectivity index (χ0n) is 16.5. The van der Waals surface area contributed by atoms with Crippen LogP contribution in [-0.2, 0) is 0 Å². The zero-order chi connectivity index (χ0) is 21.8. The van der Waals surface area contributed by atoms with Gasteiger partial charge in [-0.1, -0.05) is 48.5 Å². The molecular weight excluding hydrogens is 458 g/mol. The Bertz CT molecular complexity index is 1290. The number of carbonyl (C=O) groups excluding carboxylic acids is 1. The molecule has 0 atom stereocenters. The van der Waals surface area contributed by atoms with Crippen LogP contribution in [0.3, 0.4) is 0 Å². The van der Waals surface area contributed by atoms with Crippen LogP contribution in [0.15, 0.2) is 82.4 Å². The third-order valence-corrected chi connectivity index (χ3v) is 5.29. The average Bonchev–Trinajstić information content (AvgIpc) is 2.81. The summed E-state index contributed by atoms with van der Waals surface area (Å²) in [6.07, 6.45) is 1.48. The summed E-state index contributed by atoms with van der Waals surface area (Å²) in [4.78, 5) is 17.6. The van der Waals surface area contributed by atoms with Crippen molar-refractivity contribution in [1.82, 2.24) is 10.4 Å². The number of fused-ring (bicyclic) bond motifs is 1. The quantitative estimate of drug-likeness (QED) is 0.309. The second-order valence-electron chi connectivity index (χ2n) is 6.69. The fourth-order valence-corrected chi connectivity index (χ4v) is 3.63. The van der Waals surface area contributed by atoms with Gasteiger partial charge in [-0.15, -0.1) is 0 Å². The van der Waals surface area contributed by atoms with E-state index < -0.39 is 0 Å². The maximum absolute atomic E-state index is 12.9. The normalized spacial score (nSPS) is 11.0. The lowest BCUT2D eigenvalue weighted by molar-refractivity contribution is 0.0956. The van der Waals surface area contributed by atoms with E-state index in [-0.39, 0.29) is 11.7 Å². The van der Waals surface area contributed by atoms with Crippen molar-refractivity contribution in [2.24, 2.45) is 5.10 Å². The van der Waals surface area contributed by atoms with Crippen molar-refractivity contribution in [3.8, 4) is 22.8 Å². The van der Waals surface area contributed by atoms with Crippen molar-refractivity contribution in [2.45, 2.75) is 0 Å². The first-order chi connectivity index (χ1) is 15.1. The summed E-state index contributed by atoms with van der Waals surface area (Å²) in [5, 5.41) is 14.7. The number of hydrogen-bond acceptors (Lipinski definition) is 5. The highest BCUT2D eigenvalue weighted by atomic mass is 79.9. The van der Waals surface area contributed by atoms with Crippen molar-refractivity contribution in [3.05, 3.63) is 88.4 Å². The molecule has 2 N–H and O–H groups in total. The number of phenols is 1. The molecule has 1 amide bonds. The Hall–Kier alpha value is -3.71. The number of para-hydroxylation sites is 1. The first kappa shape index (κ1) is 20.6. The molecule has 0 saturated heterocycles. The van der Waals surface area contributed by atoms with E-state index in [1.807, 2.05) is 54.6 Å². The van der Waals surface area contributed by atoms with Crippen molar-refractivity contribution in [2.75, 3.05) is 7.11 Å². The highest BCUT2D eigenvalue weighted by Crippen LogP contribution is 2.34. The molecule has 0 radical (unpaired) electrons. The first-order valence-corrected chi connectivity index (χ1v) is 10.2. The maximum Gasteiger partial charge on any atom is 0.272 e. The molecule has 0 fully saturated rings. The van der Waals surface area contributed by atoms with Crippen LogP contribution in [0.5, 0.6) is 11.5 Å². The molecule has 4 aromatic rings. The lowest BCUT2D eigenvalue weighted by Gasteiger charge is -2.09. The SMILES string of the molecule is COc1cc(C=NNC(=O)c2cc(-c3ccccc3)nc3ccccc23)cc(Br)c1O. The second kappa shape index (κ2) is 8.97. The minimum atomic E-state index is -0.350. The summed E-state index contributed by atoms with van der Waals surface area (Å²) in [5.41, 5.74) is 6.06. The number of aromatic hydroxyl groups is 1. The summed E-state index contributed by atoms with van der Waals surface area (Å²) in [6.45, 7) is 0. The molecule has 31 heavy (non-hydrogen) atoms. The Morgan fingerprint density at radius 1 is 1.10 bits per heavy atom. The van der Waals surface area contributed by atoms with Gasteiger partial charge in [0.05, 0.1) is 34.6 Å². The molecular formula is C24H18BrN3O3. The molecule has 4 rings (SSSR count). The topological polar surface area (TPSA) is 83.8 Å². The Morgan fingerprint density at radius 3 is 2.61 bits per heavy atom. The van der Waals surface area contributed by atoms with Gasteiger partial charge in [0.25, 0.3) is 5.91 Å². The van der Waals surface area contributed by atoms with Crippen LogP contribution in [0.4, 0.5) is 0 Å². The molecule has 1 aromatic heterocycles. The third-order valence-electron chi connectivity index (χ3n) is 4.68. The zero-order valence-corrected chi connectivity index (χ0v) is 18.1. The molecule has 0 saturated carbocycles. The van der Waals surface area contributed by atoms with Gasteiger partial charge in [0, 0.05) is 10.9 Å². The van der Waals surface area contributed by atoms with Crippen molar-refractivity contribution in [1.29, 1.82) is 0 Å². The summed E-state index contributed by atoms with van der Waals surface area (Å²) in [5.74, 6) is -0.0491. The standard InChI is InChI=1S/C24H18BrN3O3/c1-31-22-12-15(11-19(25)23(22)29)14-26-28-24(30)18-13-21(16-7-3-2-4-8-16)27-20-10-6-5-9-17(18)20/h2-14,29H,1H3,(H,28,30). The lowest BCUT2D eigenvalue weighted by atomic mass is 10.0. The molecule has 6 nitrogen and oxygen atoms in total. The number of hydrazone groups is 1. The second-order valence-corrected chi connectivity index (χ2v) is 7.55. The van der Waals surface area contributed by atoms with Crippen LogP contribution in [0.1, 0.15) is 15.9 Å². The van der Waals surface area contributed by atoms with Crippen molar-refractivity contribution in [3.63, 3.8) is 0 Å². The number of phenolic OH excluding ortho intramolecular Hbond substituents is 1. The van der Waals surface area contributed by atoms with Crippen molar-refractivity contribution >= 4 is 39.0 Å². The number of nitrogens with zero attached hydrogens (tertiary/aromatic N) is 2. The lowest BCUT2D eigenvalue weighted by Crippen LogP contribution is -2.18. The number of carbonyl (C=O) groups is 1. The summed E-state index contributed by atoms with van der Waals surface area (Å²) in [6, 6.07) is 22.2. The Labute approximate surface area is 187 Å². The van der Waals surface area contributed by atoms with E-state index in [0.29, 0.717) is 27.0 Å². The van der Waals surface area contributed by atoms with Gasteiger partial charge in [-0.3, -0.25) is 4.79 Å². The molecule has 1 heterocycles. The van der Waals surface area contributed by atoms with Gasteiger partial charge < -0.3 is 9.84 Å². The summed E-state index contributed by atoms with van der Waals surface area (Å²) in [7, 11) is 1.46. The van der Waals surface area contributed by atoms with Gasteiger partial charge in [-0.2, -0.15) is 5.10 Å². The van der Waals surface area contributed by atoms with Gasteiger partial charge in [0.15, 0.2) is 11.5 Å². The van der Waals surface area contributed by atoms with Gasteiger partial charge in [0.2, 0.25) is 0 Å². The molecule has 0 aliphatic rings. The number of methoxy groups -OCH3 is 1. The van der Waals surface area contributed by atoms with Crippen molar-refractivity contribution < 1.29 is 14.6 Å². The number of hydrogen-bond donors (Lipinski definition) is 2. The van der Waals surface area contributed by atoms with E-state index in [1.165, 1.54) is 13.3 Å². The monoisotopic (exact) mass is 475 g/mol. The van der Waals surface area contributed by atoms with Crippen LogP contribution in [0.25, 0.3) is 22.2 Å². The number of rotatable bonds is 5. The Balaban J connectivity index is 1.65. The summed E-state index contributed by atoms with van der Waals surface area (Å²) >= 11 is 3.27. The molecule has 0 bridgehead atoms. The number of benzene rings is 3. The van der Waals surface area contributed by atoms with Crippen LogP contribution in [-0.4, -0.2) is 29.3 Å². The minimum Gasteiger partial charge on any atom is -0.503 e. The molecule has 0 aliphatic carbocycles. The molecule has 0 unspecified atom stereocenters. The highest BCUT2D eigenvalue weighted by Gasteiger charge is 2.13. The number of amides is 1.